The summed E-state index contributed by atoms with van der Waals surface area (Å²) in [6.07, 6.45) is 0. The van der Waals surface area contributed by atoms with Crippen molar-refractivity contribution in [3.63, 3.8) is 0 Å². The van der Waals surface area contributed by atoms with E-state index in [1.807, 2.05) is 0 Å². The highest BCUT2D eigenvalue weighted by Crippen LogP contribution is 2.32. The molecule has 0 radical (unpaired) electrons. The van der Waals surface area contributed by atoms with Crippen LogP contribution < -0.4 is 5.73 Å². The van der Waals surface area contributed by atoms with Gasteiger partial charge in [0.25, 0.3) is 14.7 Å². The molecule has 2 rings (SSSR count). The molecule has 2 aromatic rings. The number of nitro groups is 1. The molecule has 0 aliphatic rings. The van der Waals surface area contributed by atoms with Crippen molar-refractivity contribution in [3.05, 3.63) is 52.6 Å². The summed E-state index contributed by atoms with van der Waals surface area (Å²) in [6.45, 7) is 0. The van der Waals surface area contributed by atoms with Crippen LogP contribution in [0.3, 0.4) is 0 Å². The van der Waals surface area contributed by atoms with Crippen LogP contribution in [0.1, 0.15) is 0 Å². The van der Waals surface area contributed by atoms with Gasteiger partial charge >= 0.3 is 0 Å². The lowest BCUT2D eigenvalue weighted by atomic mass is 10.0. The van der Waals surface area contributed by atoms with Crippen molar-refractivity contribution in [1.29, 1.82) is 0 Å². The molecule has 0 fully saturated rings. The van der Waals surface area contributed by atoms with Gasteiger partial charge < -0.3 is 5.73 Å². The van der Waals surface area contributed by atoms with E-state index in [4.69, 9.17) is 16.4 Å². The molecule has 0 saturated heterocycles. The van der Waals surface area contributed by atoms with Gasteiger partial charge in [0.15, 0.2) is 0 Å². The number of anilines is 1. The van der Waals surface area contributed by atoms with Crippen LogP contribution in [0.4, 0.5) is 11.4 Å². The molecule has 104 valence electrons. The highest BCUT2D eigenvalue weighted by molar-refractivity contribution is 8.13. The van der Waals surface area contributed by atoms with Crippen molar-refractivity contribution >= 4 is 31.1 Å². The lowest BCUT2D eigenvalue weighted by Gasteiger charge is -2.08. The van der Waals surface area contributed by atoms with Crippen LogP contribution in [-0.2, 0) is 9.05 Å². The predicted molar refractivity (Wildman–Crippen MR) is 76.0 cm³/mol. The molecule has 0 aliphatic heterocycles. The molecule has 0 heterocycles. The van der Waals surface area contributed by atoms with E-state index in [1.54, 1.807) is 0 Å². The monoisotopic (exact) mass is 312 g/mol. The van der Waals surface area contributed by atoms with Gasteiger partial charge in [-0.3, -0.25) is 10.1 Å². The lowest BCUT2D eigenvalue weighted by Crippen LogP contribution is -1.97. The number of halogens is 1. The molecule has 6 nitrogen and oxygen atoms in total. The van der Waals surface area contributed by atoms with Gasteiger partial charge in [-0.05, 0) is 35.9 Å². The van der Waals surface area contributed by atoms with Gasteiger partial charge in [0.2, 0.25) is 0 Å². The average molecular weight is 313 g/mol. The molecule has 2 aromatic carbocycles. The molecule has 0 spiro atoms. The summed E-state index contributed by atoms with van der Waals surface area (Å²) in [5.74, 6) is 0. The number of nitrogens with two attached hydrogens (primary N) is 1. The van der Waals surface area contributed by atoms with Crippen LogP contribution in [0.5, 0.6) is 0 Å². The minimum absolute atomic E-state index is 0.0899. The van der Waals surface area contributed by atoms with E-state index in [-0.39, 0.29) is 10.6 Å². The van der Waals surface area contributed by atoms with E-state index in [2.05, 4.69) is 0 Å². The molecule has 0 unspecified atom stereocenters. The molecule has 0 aromatic heterocycles. The smallest absolute Gasteiger partial charge is 0.269 e. The van der Waals surface area contributed by atoms with Gasteiger partial charge in [0, 0.05) is 34.1 Å². The van der Waals surface area contributed by atoms with E-state index in [0.29, 0.717) is 16.8 Å². The number of nitrogen functional groups attached to an aromatic ring is 1. The third-order valence-corrected chi connectivity index (χ3v) is 4.04. The molecule has 0 atom stereocenters. The number of hydrogen-bond acceptors (Lipinski definition) is 5. The van der Waals surface area contributed by atoms with Gasteiger partial charge in [-0.25, -0.2) is 8.42 Å². The SMILES string of the molecule is Nc1ccc(S(=O)(=O)Cl)c(-c2ccc([N+](=O)[O-])cc2)c1. The second-order valence-corrected chi connectivity index (χ2v) is 6.53. The lowest BCUT2D eigenvalue weighted by molar-refractivity contribution is -0.384. The zero-order valence-corrected chi connectivity index (χ0v) is 11.6. The maximum absolute atomic E-state index is 11.5. The predicted octanol–water partition coefficient (Wildman–Crippen LogP) is 2.77. The average Bonchev–Trinajstić information content (AvgIpc) is 2.37. The number of rotatable bonds is 3. The summed E-state index contributed by atoms with van der Waals surface area (Å²) in [4.78, 5) is 9.96. The summed E-state index contributed by atoms with van der Waals surface area (Å²) in [5, 5.41) is 10.6. The maximum Gasteiger partial charge on any atom is 0.269 e. The fraction of sp³-hybridized carbons (Fsp3) is 0. The van der Waals surface area contributed by atoms with E-state index in [9.17, 15) is 18.5 Å². The first-order valence-corrected chi connectivity index (χ1v) is 7.69. The second kappa shape index (κ2) is 5.10. The maximum atomic E-state index is 11.5. The Morgan fingerprint density at radius 1 is 1.10 bits per heavy atom. The van der Waals surface area contributed by atoms with E-state index in [0.717, 1.165) is 0 Å². The van der Waals surface area contributed by atoms with E-state index in [1.165, 1.54) is 42.5 Å². The van der Waals surface area contributed by atoms with Crippen molar-refractivity contribution in [2.24, 2.45) is 0 Å². The summed E-state index contributed by atoms with van der Waals surface area (Å²) < 4.78 is 23.1. The highest BCUT2D eigenvalue weighted by Gasteiger charge is 2.17. The second-order valence-electron chi connectivity index (χ2n) is 4.00. The normalized spacial score (nSPS) is 11.2. The fourth-order valence-corrected chi connectivity index (χ4v) is 2.82. The third kappa shape index (κ3) is 2.89. The van der Waals surface area contributed by atoms with Gasteiger partial charge in [0.05, 0.1) is 9.82 Å². The Morgan fingerprint density at radius 2 is 1.70 bits per heavy atom. The van der Waals surface area contributed by atoms with Crippen molar-refractivity contribution < 1.29 is 13.3 Å². The zero-order valence-electron chi connectivity index (χ0n) is 9.99. The van der Waals surface area contributed by atoms with Crippen LogP contribution in [0.25, 0.3) is 11.1 Å². The first-order chi connectivity index (χ1) is 9.29. The topological polar surface area (TPSA) is 103 Å². The number of nitro benzene ring substituents is 1. The Labute approximate surface area is 119 Å². The van der Waals surface area contributed by atoms with Crippen molar-refractivity contribution in [2.75, 3.05) is 5.73 Å². The summed E-state index contributed by atoms with van der Waals surface area (Å²) in [7, 11) is 1.43. The van der Waals surface area contributed by atoms with Crippen LogP contribution in [0.15, 0.2) is 47.4 Å². The van der Waals surface area contributed by atoms with Crippen molar-refractivity contribution in [3.8, 4) is 11.1 Å². The first-order valence-electron chi connectivity index (χ1n) is 5.38. The van der Waals surface area contributed by atoms with Gasteiger partial charge in [-0.1, -0.05) is 0 Å². The number of hydrogen-bond donors (Lipinski definition) is 1. The Kier molecular flexibility index (Phi) is 3.65. The third-order valence-electron chi connectivity index (χ3n) is 2.66. The van der Waals surface area contributed by atoms with Crippen molar-refractivity contribution in [2.45, 2.75) is 4.90 Å². The Hall–Kier alpha value is -2.12. The van der Waals surface area contributed by atoms with Crippen LogP contribution >= 0.6 is 10.7 Å². The van der Waals surface area contributed by atoms with Crippen molar-refractivity contribution in [1.82, 2.24) is 0 Å². The summed E-state index contributed by atoms with van der Waals surface area (Å²) >= 11 is 0. The quantitative estimate of drug-likeness (QED) is 0.406. The first kappa shape index (κ1) is 14.3. The summed E-state index contributed by atoms with van der Waals surface area (Å²) in [5.41, 5.74) is 6.69. The Morgan fingerprint density at radius 3 is 2.20 bits per heavy atom. The molecule has 8 heteroatoms. The van der Waals surface area contributed by atoms with Gasteiger partial charge in [-0.2, -0.15) is 0 Å². The highest BCUT2D eigenvalue weighted by atomic mass is 35.7. The van der Waals surface area contributed by atoms with Crippen LogP contribution in [0.2, 0.25) is 0 Å². The Bertz CT molecular complexity index is 773. The molecule has 2 N–H and O–H groups in total. The Balaban J connectivity index is 2.62. The van der Waals surface area contributed by atoms with Crippen LogP contribution in [0, 0.1) is 10.1 Å². The van der Waals surface area contributed by atoms with Gasteiger partial charge in [-0.15, -0.1) is 0 Å². The molecule has 0 amide bonds. The minimum atomic E-state index is -3.94. The molecular weight excluding hydrogens is 304 g/mol. The number of benzene rings is 2. The standard InChI is InChI=1S/C12H9ClN2O4S/c13-20(18,19)12-6-3-9(14)7-11(12)8-1-4-10(5-2-8)15(16)17/h1-7H,14H2. The van der Waals surface area contributed by atoms with Gasteiger partial charge in [0.1, 0.15) is 0 Å². The summed E-state index contributed by atoms with van der Waals surface area (Å²) in [6, 6.07) is 9.62. The molecule has 0 bridgehead atoms. The van der Waals surface area contributed by atoms with Crippen LogP contribution in [-0.4, -0.2) is 13.3 Å². The minimum Gasteiger partial charge on any atom is -0.399 e. The van der Waals surface area contributed by atoms with E-state index < -0.39 is 14.0 Å². The number of non-ortho nitro benzene ring substituents is 1. The molecule has 0 aliphatic carbocycles. The molecule has 20 heavy (non-hydrogen) atoms. The number of nitrogens with zero attached hydrogens (tertiary/aromatic N) is 1. The molecule has 0 saturated carbocycles. The largest absolute Gasteiger partial charge is 0.399 e. The molecular formula is C12H9ClN2O4S. The van der Waals surface area contributed by atoms with E-state index >= 15 is 0 Å². The fourth-order valence-electron chi connectivity index (χ4n) is 1.75. The zero-order chi connectivity index (χ0) is 14.9.